The molecular weight excluding hydrogens is 261 g/mol. The number of halogens is 1. The van der Waals surface area contributed by atoms with Gasteiger partial charge in [-0.15, -0.1) is 0 Å². The summed E-state index contributed by atoms with van der Waals surface area (Å²) in [5, 5.41) is 2.95. The van der Waals surface area contributed by atoms with Crippen LogP contribution in [-0.2, 0) is 0 Å². The number of hydrogen-bond donors (Lipinski definition) is 1. The summed E-state index contributed by atoms with van der Waals surface area (Å²) in [5.74, 6) is -0.113. The largest absolute Gasteiger partial charge is 0.469 e. The maximum Gasteiger partial charge on any atom is 0.298 e. The predicted octanol–water partition coefficient (Wildman–Crippen LogP) is 3.20. The molecule has 0 bridgehead atoms. The minimum Gasteiger partial charge on any atom is -0.469 e. The minimum atomic E-state index is -0.448. The van der Waals surface area contributed by atoms with Gasteiger partial charge in [0, 0.05) is 6.07 Å². The first-order valence-corrected chi connectivity index (χ1v) is 6.10. The standard InChI is InChI=1S/C14H12FN3O2/c1-9(19-11-6-10(15)7-16-8-11)17-14-18-12-4-2-3-5-13(12)20-14/h2-9H,1H3,(H,17,18). The maximum atomic E-state index is 13.0. The van der Waals surface area contributed by atoms with Crippen LogP contribution in [-0.4, -0.2) is 16.2 Å². The van der Waals surface area contributed by atoms with Gasteiger partial charge in [-0.25, -0.2) is 4.39 Å². The van der Waals surface area contributed by atoms with Crippen molar-refractivity contribution in [2.75, 3.05) is 5.32 Å². The van der Waals surface area contributed by atoms with Crippen molar-refractivity contribution in [3.63, 3.8) is 0 Å². The van der Waals surface area contributed by atoms with Gasteiger partial charge in [0.05, 0.1) is 12.4 Å². The van der Waals surface area contributed by atoms with Gasteiger partial charge in [-0.2, -0.15) is 4.98 Å². The van der Waals surface area contributed by atoms with E-state index >= 15 is 0 Å². The van der Waals surface area contributed by atoms with E-state index in [0.717, 1.165) is 11.7 Å². The average molecular weight is 273 g/mol. The first-order chi connectivity index (χ1) is 9.70. The van der Waals surface area contributed by atoms with Gasteiger partial charge in [0.2, 0.25) is 0 Å². The van der Waals surface area contributed by atoms with Crippen LogP contribution in [0.1, 0.15) is 6.92 Å². The lowest BCUT2D eigenvalue weighted by molar-refractivity contribution is 0.244. The second-order valence-corrected chi connectivity index (χ2v) is 4.23. The topological polar surface area (TPSA) is 60.2 Å². The molecular formula is C14H12FN3O2. The highest BCUT2D eigenvalue weighted by Gasteiger charge is 2.10. The fourth-order valence-corrected chi connectivity index (χ4v) is 1.80. The molecule has 5 nitrogen and oxygen atoms in total. The summed E-state index contributed by atoms with van der Waals surface area (Å²) < 4.78 is 24.0. The average Bonchev–Trinajstić information content (AvgIpc) is 2.80. The molecule has 20 heavy (non-hydrogen) atoms. The third-order valence-electron chi connectivity index (χ3n) is 2.61. The second-order valence-electron chi connectivity index (χ2n) is 4.23. The van der Waals surface area contributed by atoms with E-state index in [9.17, 15) is 4.39 Å². The van der Waals surface area contributed by atoms with Gasteiger partial charge in [-0.05, 0) is 19.1 Å². The molecule has 2 aromatic heterocycles. The Kier molecular flexibility index (Phi) is 3.20. The first-order valence-electron chi connectivity index (χ1n) is 6.10. The molecule has 1 N–H and O–H groups in total. The molecule has 102 valence electrons. The van der Waals surface area contributed by atoms with Crippen LogP contribution in [0.5, 0.6) is 5.75 Å². The number of rotatable bonds is 4. The van der Waals surface area contributed by atoms with Crippen LogP contribution in [0.4, 0.5) is 10.4 Å². The Morgan fingerprint density at radius 1 is 1.30 bits per heavy atom. The Hall–Kier alpha value is -2.63. The Balaban J connectivity index is 1.70. The number of ether oxygens (including phenoxy) is 1. The molecule has 0 spiro atoms. The van der Waals surface area contributed by atoms with Crippen molar-refractivity contribution in [3.05, 3.63) is 48.5 Å². The molecule has 0 saturated carbocycles. The first kappa shape index (κ1) is 12.4. The number of anilines is 1. The maximum absolute atomic E-state index is 13.0. The van der Waals surface area contributed by atoms with Crippen LogP contribution >= 0.6 is 0 Å². The number of fused-ring (bicyclic) bond motifs is 1. The number of para-hydroxylation sites is 2. The summed E-state index contributed by atoms with van der Waals surface area (Å²) >= 11 is 0. The number of pyridine rings is 1. The van der Waals surface area contributed by atoms with Crippen LogP contribution in [0, 0.1) is 5.82 Å². The molecule has 1 unspecified atom stereocenters. The van der Waals surface area contributed by atoms with Crippen molar-refractivity contribution in [2.45, 2.75) is 13.2 Å². The lowest BCUT2D eigenvalue weighted by Gasteiger charge is -2.14. The van der Waals surface area contributed by atoms with Gasteiger partial charge in [-0.1, -0.05) is 12.1 Å². The fourth-order valence-electron chi connectivity index (χ4n) is 1.80. The number of nitrogens with one attached hydrogen (secondary N) is 1. The van der Waals surface area contributed by atoms with Crippen molar-refractivity contribution < 1.29 is 13.5 Å². The fraction of sp³-hybridized carbons (Fsp3) is 0.143. The lowest BCUT2D eigenvalue weighted by atomic mass is 10.3. The van der Waals surface area contributed by atoms with E-state index < -0.39 is 12.0 Å². The lowest BCUT2D eigenvalue weighted by Crippen LogP contribution is -2.22. The van der Waals surface area contributed by atoms with Crippen LogP contribution in [0.2, 0.25) is 0 Å². The minimum absolute atomic E-state index is 0.334. The zero-order valence-corrected chi connectivity index (χ0v) is 10.7. The monoisotopic (exact) mass is 273 g/mol. The quantitative estimate of drug-likeness (QED) is 0.740. The van der Waals surface area contributed by atoms with Gasteiger partial charge < -0.3 is 14.5 Å². The van der Waals surface area contributed by atoms with Crippen molar-refractivity contribution in [3.8, 4) is 5.75 Å². The Morgan fingerprint density at radius 2 is 2.15 bits per heavy atom. The molecule has 0 fully saturated rings. The van der Waals surface area contributed by atoms with Crippen LogP contribution < -0.4 is 10.1 Å². The van der Waals surface area contributed by atoms with E-state index in [1.54, 1.807) is 6.92 Å². The Morgan fingerprint density at radius 3 is 2.95 bits per heavy atom. The smallest absolute Gasteiger partial charge is 0.298 e. The third-order valence-corrected chi connectivity index (χ3v) is 2.61. The Labute approximate surface area is 114 Å². The highest BCUT2D eigenvalue weighted by molar-refractivity contribution is 5.74. The van der Waals surface area contributed by atoms with Crippen molar-refractivity contribution in [1.29, 1.82) is 0 Å². The van der Waals surface area contributed by atoms with E-state index in [1.807, 2.05) is 24.3 Å². The molecule has 6 heteroatoms. The van der Waals surface area contributed by atoms with E-state index in [2.05, 4.69) is 15.3 Å². The van der Waals surface area contributed by atoms with Crippen LogP contribution in [0.3, 0.4) is 0 Å². The number of benzene rings is 1. The van der Waals surface area contributed by atoms with Crippen molar-refractivity contribution in [2.24, 2.45) is 0 Å². The van der Waals surface area contributed by atoms with Gasteiger partial charge in [-0.3, -0.25) is 4.98 Å². The molecule has 0 aliphatic heterocycles. The molecule has 0 saturated heterocycles. The zero-order valence-electron chi connectivity index (χ0n) is 10.7. The summed E-state index contributed by atoms with van der Waals surface area (Å²) in [4.78, 5) is 7.98. The number of hydrogen-bond acceptors (Lipinski definition) is 5. The van der Waals surface area contributed by atoms with Gasteiger partial charge in [0.15, 0.2) is 11.8 Å². The molecule has 1 atom stereocenters. The summed E-state index contributed by atoms with van der Waals surface area (Å²) in [6, 6.07) is 9.05. The van der Waals surface area contributed by atoms with E-state index in [4.69, 9.17) is 9.15 Å². The third kappa shape index (κ3) is 2.69. The predicted molar refractivity (Wildman–Crippen MR) is 71.9 cm³/mol. The van der Waals surface area contributed by atoms with Crippen LogP contribution in [0.15, 0.2) is 47.1 Å². The number of oxazole rings is 1. The SMILES string of the molecule is CC(Nc1nc2ccccc2o1)Oc1cncc(F)c1. The summed E-state index contributed by atoms with van der Waals surface area (Å²) in [7, 11) is 0. The molecule has 0 radical (unpaired) electrons. The van der Waals surface area contributed by atoms with E-state index in [1.165, 1.54) is 12.3 Å². The Bertz CT molecular complexity index is 696. The normalized spacial score (nSPS) is 12.3. The van der Waals surface area contributed by atoms with Gasteiger partial charge >= 0.3 is 0 Å². The number of aromatic nitrogens is 2. The summed E-state index contributed by atoms with van der Waals surface area (Å²) in [6.07, 6.45) is 2.12. The van der Waals surface area contributed by atoms with Crippen LogP contribution in [0.25, 0.3) is 11.1 Å². The summed E-state index contributed by atoms with van der Waals surface area (Å²) in [6.45, 7) is 1.76. The van der Waals surface area contributed by atoms with E-state index in [-0.39, 0.29) is 0 Å². The van der Waals surface area contributed by atoms with Gasteiger partial charge in [0.1, 0.15) is 17.1 Å². The zero-order chi connectivity index (χ0) is 13.9. The van der Waals surface area contributed by atoms with Crippen molar-refractivity contribution >= 4 is 17.1 Å². The summed E-state index contributed by atoms with van der Waals surface area (Å²) in [5.41, 5.74) is 1.45. The molecule has 0 amide bonds. The molecule has 3 aromatic rings. The molecule has 2 heterocycles. The van der Waals surface area contributed by atoms with Crippen molar-refractivity contribution in [1.82, 2.24) is 9.97 Å². The molecule has 0 aliphatic rings. The van der Waals surface area contributed by atoms with E-state index in [0.29, 0.717) is 17.3 Å². The second kappa shape index (κ2) is 5.16. The van der Waals surface area contributed by atoms with Gasteiger partial charge in [0.25, 0.3) is 6.01 Å². The molecule has 1 aromatic carbocycles. The highest BCUT2D eigenvalue weighted by Crippen LogP contribution is 2.19. The number of nitrogens with zero attached hydrogens (tertiary/aromatic N) is 2. The molecule has 3 rings (SSSR count). The molecule has 0 aliphatic carbocycles. The highest BCUT2D eigenvalue weighted by atomic mass is 19.1.